The van der Waals surface area contributed by atoms with Crippen LogP contribution in [0.2, 0.25) is 0 Å². The number of nitrogens with one attached hydrogen (secondary N) is 1. The number of fused-ring (bicyclic) bond motifs is 2. The van der Waals surface area contributed by atoms with Crippen LogP contribution in [0.1, 0.15) is 26.2 Å². The normalized spacial score (nSPS) is 19.6. The molecule has 5 heterocycles. The first kappa shape index (κ1) is 24.0. The van der Waals surface area contributed by atoms with Gasteiger partial charge in [0.05, 0.1) is 23.0 Å². The maximum absolute atomic E-state index is 16.5. The predicted molar refractivity (Wildman–Crippen MR) is 140 cm³/mol. The van der Waals surface area contributed by atoms with Crippen molar-refractivity contribution in [2.24, 2.45) is 5.41 Å². The molecule has 0 amide bonds. The zero-order valence-corrected chi connectivity index (χ0v) is 21.4. The Kier molecular flexibility index (Phi) is 5.75. The van der Waals surface area contributed by atoms with Crippen LogP contribution < -0.4 is 26.2 Å². The summed E-state index contributed by atoms with van der Waals surface area (Å²) in [5.41, 5.74) is 5.94. The molecule has 0 aliphatic carbocycles. The van der Waals surface area contributed by atoms with Crippen LogP contribution in [0.25, 0.3) is 32.4 Å². The molecule has 12 heteroatoms. The molecule has 37 heavy (non-hydrogen) atoms. The Bertz CT molecular complexity index is 1600. The predicted octanol–water partition coefficient (Wildman–Crippen LogP) is 3.54. The molecular weight excluding hydrogens is 500 g/mol. The minimum atomic E-state index is -0.707. The standard InChI is InChI=1S/C25H27F2N7O2S/c1-3-9-34-19(13-4-5-14(26)20-17(13)30-23(28)37-20)16(27)18-15(22(34)35)21(32-24(31-18)36-2)33-10-7-25(12-33)6-8-29-11-25/h4-5,29H,3,6-12H2,1-2H3,(H2,28,30). The van der Waals surface area contributed by atoms with E-state index in [1.807, 2.05) is 11.8 Å². The van der Waals surface area contributed by atoms with Gasteiger partial charge in [0.1, 0.15) is 22.5 Å². The number of rotatable bonds is 5. The van der Waals surface area contributed by atoms with Gasteiger partial charge in [0, 0.05) is 37.2 Å². The zero-order chi connectivity index (χ0) is 25.9. The highest BCUT2D eigenvalue weighted by atomic mass is 32.1. The van der Waals surface area contributed by atoms with Crippen LogP contribution in [-0.4, -0.2) is 52.8 Å². The summed E-state index contributed by atoms with van der Waals surface area (Å²) < 4.78 is 38.0. The van der Waals surface area contributed by atoms with Crippen molar-refractivity contribution >= 4 is 43.4 Å². The van der Waals surface area contributed by atoms with Crippen molar-refractivity contribution < 1.29 is 13.5 Å². The molecule has 1 aromatic carbocycles. The van der Waals surface area contributed by atoms with Crippen molar-refractivity contribution in [3.05, 3.63) is 34.1 Å². The Morgan fingerprint density at radius 2 is 2.05 bits per heavy atom. The summed E-state index contributed by atoms with van der Waals surface area (Å²) in [6.45, 7) is 5.42. The monoisotopic (exact) mass is 527 g/mol. The van der Waals surface area contributed by atoms with E-state index in [0.717, 1.165) is 37.3 Å². The maximum atomic E-state index is 16.5. The van der Waals surface area contributed by atoms with Gasteiger partial charge < -0.3 is 25.3 Å². The molecule has 6 rings (SSSR count). The summed E-state index contributed by atoms with van der Waals surface area (Å²) in [6, 6.07) is 2.65. The molecule has 1 unspecified atom stereocenters. The number of pyridine rings is 1. The molecule has 1 atom stereocenters. The van der Waals surface area contributed by atoms with Crippen molar-refractivity contribution in [1.29, 1.82) is 0 Å². The molecule has 2 fully saturated rings. The van der Waals surface area contributed by atoms with Crippen LogP contribution in [0.15, 0.2) is 16.9 Å². The minimum absolute atomic E-state index is 0.000705. The molecule has 2 aliphatic rings. The molecule has 194 valence electrons. The summed E-state index contributed by atoms with van der Waals surface area (Å²) in [6.07, 6.45) is 2.57. The first-order chi connectivity index (χ1) is 17.9. The number of thiazole rings is 1. The maximum Gasteiger partial charge on any atom is 0.318 e. The van der Waals surface area contributed by atoms with E-state index in [-0.39, 0.29) is 55.5 Å². The largest absolute Gasteiger partial charge is 0.467 e. The number of ether oxygens (including phenoxy) is 1. The van der Waals surface area contributed by atoms with Gasteiger partial charge in [-0.2, -0.15) is 9.97 Å². The summed E-state index contributed by atoms with van der Waals surface area (Å²) in [4.78, 5) is 29.2. The summed E-state index contributed by atoms with van der Waals surface area (Å²) in [7, 11) is 1.41. The number of anilines is 2. The lowest BCUT2D eigenvalue weighted by Crippen LogP contribution is -2.31. The van der Waals surface area contributed by atoms with Crippen LogP contribution >= 0.6 is 11.3 Å². The topological polar surface area (TPSA) is 111 Å². The van der Waals surface area contributed by atoms with Crippen molar-refractivity contribution in [2.45, 2.75) is 32.7 Å². The van der Waals surface area contributed by atoms with E-state index in [0.29, 0.717) is 25.3 Å². The lowest BCUT2D eigenvalue weighted by Gasteiger charge is -2.25. The lowest BCUT2D eigenvalue weighted by atomic mass is 9.87. The van der Waals surface area contributed by atoms with E-state index in [9.17, 15) is 9.18 Å². The number of halogens is 2. The molecule has 1 spiro atoms. The zero-order valence-electron chi connectivity index (χ0n) is 20.6. The van der Waals surface area contributed by atoms with Gasteiger partial charge in [0.2, 0.25) is 0 Å². The second-order valence-corrected chi connectivity index (χ2v) is 10.8. The molecule has 4 aromatic rings. The molecule has 0 bridgehead atoms. The summed E-state index contributed by atoms with van der Waals surface area (Å²) in [5.74, 6) is -0.830. The highest BCUT2D eigenvalue weighted by Gasteiger charge is 2.42. The Labute approximate surface area is 215 Å². The van der Waals surface area contributed by atoms with Gasteiger partial charge in [0.15, 0.2) is 10.9 Å². The molecule has 2 saturated heterocycles. The number of nitrogens with zero attached hydrogens (tertiary/aromatic N) is 5. The summed E-state index contributed by atoms with van der Waals surface area (Å²) in [5, 5.41) is 3.70. The fourth-order valence-corrected chi connectivity index (χ4v) is 6.48. The van der Waals surface area contributed by atoms with Crippen molar-refractivity contribution in [3.8, 4) is 17.3 Å². The van der Waals surface area contributed by atoms with Gasteiger partial charge in [-0.25, -0.2) is 13.8 Å². The van der Waals surface area contributed by atoms with E-state index in [1.54, 1.807) is 0 Å². The highest BCUT2D eigenvalue weighted by Crippen LogP contribution is 2.41. The number of aromatic nitrogens is 4. The number of methoxy groups -OCH3 is 1. The Hall–Kier alpha value is -3.38. The molecule has 3 N–H and O–H groups in total. The second kappa shape index (κ2) is 8.88. The quantitative estimate of drug-likeness (QED) is 0.406. The highest BCUT2D eigenvalue weighted by molar-refractivity contribution is 7.22. The smallest absolute Gasteiger partial charge is 0.318 e. The molecule has 0 radical (unpaired) electrons. The van der Waals surface area contributed by atoms with E-state index < -0.39 is 17.2 Å². The van der Waals surface area contributed by atoms with E-state index >= 15 is 4.39 Å². The van der Waals surface area contributed by atoms with Crippen LogP contribution in [-0.2, 0) is 6.54 Å². The van der Waals surface area contributed by atoms with E-state index in [2.05, 4.69) is 20.3 Å². The lowest BCUT2D eigenvalue weighted by molar-refractivity contribution is 0.368. The Morgan fingerprint density at radius 3 is 2.78 bits per heavy atom. The fraction of sp³-hybridized carbons (Fsp3) is 0.440. The van der Waals surface area contributed by atoms with Gasteiger partial charge in [-0.15, -0.1) is 0 Å². The summed E-state index contributed by atoms with van der Waals surface area (Å²) >= 11 is 0.979. The number of hydrogen-bond acceptors (Lipinski definition) is 9. The number of nitrogens with two attached hydrogens (primary N) is 1. The number of nitrogen functional groups attached to an aromatic ring is 1. The van der Waals surface area contributed by atoms with Crippen LogP contribution in [0.4, 0.5) is 19.7 Å². The SMILES string of the molecule is CCCn1c(-c2ccc(F)c3sc(N)nc23)c(F)c2nc(OC)nc(N3CCC4(CCNC4)C3)c2c1=O. The van der Waals surface area contributed by atoms with Crippen LogP contribution in [0, 0.1) is 17.0 Å². The van der Waals surface area contributed by atoms with Gasteiger partial charge in [-0.3, -0.25) is 4.79 Å². The average Bonchev–Trinajstić information content (AvgIpc) is 3.63. The average molecular weight is 528 g/mol. The van der Waals surface area contributed by atoms with Gasteiger partial charge in [-0.05, 0) is 37.9 Å². The molecule has 9 nitrogen and oxygen atoms in total. The first-order valence-electron chi connectivity index (χ1n) is 12.3. The molecule has 3 aromatic heterocycles. The molecule has 2 aliphatic heterocycles. The fourth-order valence-electron chi connectivity index (χ4n) is 5.72. The second-order valence-electron chi connectivity index (χ2n) is 9.80. The first-order valence-corrected chi connectivity index (χ1v) is 13.2. The molecular formula is C25H27F2N7O2S. The van der Waals surface area contributed by atoms with Crippen molar-refractivity contribution in [1.82, 2.24) is 24.8 Å². The third kappa shape index (κ3) is 3.72. The Morgan fingerprint density at radius 1 is 1.22 bits per heavy atom. The van der Waals surface area contributed by atoms with Gasteiger partial charge in [0.25, 0.3) is 5.56 Å². The number of benzene rings is 1. The van der Waals surface area contributed by atoms with E-state index in [1.165, 1.54) is 23.8 Å². The van der Waals surface area contributed by atoms with Crippen LogP contribution in [0.5, 0.6) is 6.01 Å². The van der Waals surface area contributed by atoms with E-state index in [4.69, 9.17) is 10.5 Å². The van der Waals surface area contributed by atoms with Crippen LogP contribution in [0.3, 0.4) is 0 Å². The van der Waals surface area contributed by atoms with Gasteiger partial charge >= 0.3 is 6.01 Å². The molecule has 0 saturated carbocycles. The third-order valence-electron chi connectivity index (χ3n) is 7.48. The van der Waals surface area contributed by atoms with Crippen molar-refractivity contribution in [3.63, 3.8) is 0 Å². The number of hydrogen-bond donors (Lipinski definition) is 2. The third-order valence-corrected chi connectivity index (χ3v) is 8.37. The minimum Gasteiger partial charge on any atom is -0.467 e. The Balaban J connectivity index is 1.64. The van der Waals surface area contributed by atoms with Crippen molar-refractivity contribution in [2.75, 3.05) is 43.9 Å². The van der Waals surface area contributed by atoms with Gasteiger partial charge in [-0.1, -0.05) is 18.3 Å².